The maximum atomic E-state index is 11.2. The molecule has 0 saturated carbocycles. The van der Waals surface area contributed by atoms with E-state index in [2.05, 4.69) is 92.8 Å². The third kappa shape index (κ3) is 4.79. The number of imidazole rings is 1. The second-order valence-electron chi connectivity index (χ2n) is 15.0. The van der Waals surface area contributed by atoms with Crippen LogP contribution in [-0.2, 0) is 32.4 Å². The first kappa shape index (κ1) is 30.5. The van der Waals surface area contributed by atoms with Crippen molar-refractivity contribution in [2.75, 3.05) is 19.6 Å². The molecule has 12 heteroatoms. The zero-order valence-electron chi connectivity index (χ0n) is 28.5. The number of tetrazole rings is 1. The van der Waals surface area contributed by atoms with Crippen molar-refractivity contribution >= 4 is 21.8 Å². The first-order valence-electron chi connectivity index (χ1n) is 18.4. The van der Waals surface area contributed by atoms with Crippen molar-refractivity contribution in [3.8, 4) is 0 Å². The molecule has 50 heavy (non-hydrogen) atoms. The molecule has 4 N–H and O–H groups in total. The molecule has 5 atom stereocenters. The topological polar surface area (TPSA) is 140 Å². The van der Waals surface area contributed by atoms with E-state index in [4.69, 9.17) is 0 Å². The van der Waals surface area contributed by atoms with Gasteiger partial charge in [-0.25, -0.2) is 4.98 Å². The summed E-state index contributed by atoms with van der Waals surface area (Å²) in [6.07, 6.45) is 9.72. The summed E-state index contributed by atoms with van der Waals surface area (Å²) in [4.78, 5) is 12.9. The molecule has 0 amide bonds. The van der Waals surface area contributed by atoms with Crippen LogP contribution in [0.25, 0.3) is 21.8 Å². The van der Waals surface area contributed by atoms with Crippen LogP contribution in [-0.4, -0.2) is 85.4 Å². The molecule has 0 spiro atoms. The van der Waals surface area contributed by atoms with Crippen molar-refractivity contribution in [2.24, 2.45) is 0 Å². The fourth-order valence-electron chi connectivity index (χ4n) is 10.1. The molecule has 4 aliphatic rings. The van der Waals surface area contributed by atoms with Gasteiger partial charge in [-0.2, -0.15) is 5.21 Å². The Morgan fingerprint density at radius 3 is 2.44 bits per heavy atom. The van der Waals surface area contributed by atoms with Gasteiger partial charge in [0.25, 0.3) is 0 Å². The molecule has 258 valence electrons. The van der Waals surface area contributed by atoms with E-state index in [-0.39, 0.29) is 0 Å². The number of aliphatic hydroxyl groups is 2. The van der Waals surface area contributed by atoms with Gasteiger partial charge in [-0.3, -0.25) is 9.80 Å². The number of rotatable bonds is 8. The number of aliphatic hydroxyl groups excluding tert-OH is 2. The fourth-order valence-corrected chi connectivity index (χ4v) is 10.1. The van der Waals surface area contributed by atoms with Crippen molar-refractivity contribution in [2.45, 2.75) is 95.3 Å². The van der Waals surface area contributed by atoms with Crippen LogP contribution in [0.3, 0.4) is 0 Å². The average molecular weight is 673 g/mol. The highest BCUT2D eigenvalue weighted by Crippen LogP contribution is 2.47. The minimum atomic E-state index is -0.829. The maximum Gasteiger partial charge on any atom is 0.204 e. The molecule has 2 fully saturated rings. The molecule has 4 aromatic heterocycles. The lowest BCUT2D eigenvalue weighted by Crippen LogP contribution is -2.38. The van der Waals surface area contributed by atoms with Crippen LogP contribution >= 0.6 is 0 Å². The molecule has 12 nitrogen and oxygen atoms in total. The van der Waals surface area contributed by atoms with E-state index < -0.39 is 12.2 Å². The number of aromatic nitrogens is 8. The molecule has 4 aliphatic heterocycles. The van der Waals surface area contributed by atoms with Crippen molar-refractivity contribution in [3.05, 3.63) is 94.1 Å². The van der Waals surface area contributed by atoms with Gasteiger partial charge in [0.05, 0.1) is 13.1 Å². The van der Waals surface area contributed by atoms with Crippen LogP contribution in [0.4, 0.5) is 0 Å². The minimum absolute atomic E-state index is 0.328. The van der Waals surface area contributed by atoms with Gasteiger partial charge in [-0.15, -0.1) is 10.2 Å². The van der Waals surface area contributed by atoms with Crippen LogP contribution in [0, 0.1) is 6.92 Å². The van der Waals surface area contributed by atoms with Crippen LogP contribution in [0.2, 0.25) is 0 Å². The third-order valence-electron chi connectivity index (χ3n) is 12.2. The molecular weight excluding hydrogens is 628 g/mol. The SMILES string of the molecule is Cc1ccc2c(c1)c1c(n2CC(O)c2nn[nH]n2)CCN2C(Cc3ccc4c(c3)c3c(n4CC(O)c4ncc[nH]4)CCN4CCCC34)CCC12. The molecule has 6 aromatic rings. The van der Waals surface area contributed by atoms with Gasteiger partial charge in [0.1, 0.15) is 18.0 Å². The summed E-state index contributed by atoms with van der Waals surface area (Å²) in [5.74, 6) is 0.950. The number of fused-ring (bicyclic) bond motifs is 10. The molecule has 0 bridgehead atoms. The van der Waals surface area contributed by atoms with Crippen molar-refractivity contribution < 1.29 is 10.2 Å². The Balaban J connectivity index is 0.972. The Hall–Kier alpha value is -4.36. The summed E-state index contributed by atoms with van der Waals surface area (Å²) in [6, 6.07) is 15.2. The van der Waals surface area contributed by atoms with E-state index in [0.29, 0.717) is 42.9 Å². The van der Waals surface area contributed by atoms with E-state index in [1.165, 1.54) is 74.8 Å². The van der Waals surface area contributed by atoms with Crippen LogP contribution in [0.5, 0.6) is 0 Å². The quantitative estimate of drug-likeness (QED) is 0.184. The molecule has 2 aromatic carbocycles. The zero-order chi connectivity index (χ0) is 33.5. The average Bonchev–Trinajstić information content (AvgIpc) is 3.98. The van der Waals surface area contributed by atoms with Crippen molar-refractivity contribution in [1.82, 2.24) is 49.5 Å². The van der Waals surface area contributed by atoms with Gasteiger partial charge in [0.15, 0.2) is 0 Å². The second kappa shape index (κ2) is 11.9. The normalized spacial score (nSPS) is 23.3. The Morgan fingerprint density at radius 1 is 0.860 bits per heavy atom. The number of hydrogen-bond acceptors (Lipinski definition) is 8. The van der Waals surface area contributed by atoms with E-state index in [9.17, 15) is 10.2 Å². The summed E-state index contributed by atoms with van der Waals surface area (Å²) >= 11 is 0. The van der Waals surface area contributed by atoms with E-state index in [0.717, 1.165) is 45.2 Å². The number of aryl methyl sites for hydroxylation is 1. The lowest BCUT2D eigenvalue weighted by atomic mass is 9.94. The second-order valence-corrected chi connectivity index (χ2v) is 15.0. The van der Waals surface area contributed by atoms with Gasteiger partial charge in [0, 0.05) is 89.6 Å². The molecule has 0 radical (unpaired) electrons. The molecule has 0 aliphatic carbocycles. The number of hydrogen-bond donors (Lipinski definition) is 4. The Kier molecular flexibility index (Phi) is 7.23. The number of aromatic amines is 2. The number of nitrogens with zero attached hydrogens (tertiary/aromatic N) is 8. The van der Waals surface area contributed by atoms with Crippen LogP contribution < -0.4 is 0 Å². The number of benzene rings is 2. The summed E-state index contributed by atoms with van der Waals surface area (Å²) in [6.45, 7) is 6.35. The van der Waals surface area contributed by atoms with Gasteiger partial charge in [-0.1, -0.05) is 22.9 Å². The lowest BCUT2D eigenvalue weighted by Gasteiger charge is -2.35. The first-order chi connectivity index (χ1) is 24.5. The van der Waals surface area contributed by atoms with Crippen LogP contribution in [0.1, 0.15) is 95.3 Å². The van der Waals surface area contributed by atoms with E-state index in [1.54, 1.807) is 12.4 Å². The Morgan fingerprint density at radius 2 is 1.64 bits per heavy atom. The number of nitrogens with one attached hydrogen (secondary N) is 2. The van der Waals surface area contributed by atoms with Crippen molar-refractivity contribution in [1.29, 1.82) is 0 Å². The number of H-pyrrole nitrogens is 2. The largest absolute Gasteiger partial charge is 0.383 e. The molecule has 10 rings (SSSR count). The Bertz CT molecular complexity index is 2180. The lowest BCUT2D eigenvalue weighted by molar-refractivity contribution is 0.144. The predicted molar refractivity (Wildman–Crippen MR) is 188 cm³/mol. The van der Waals surface area contributed by atoms with Gasteiger partial charge in [-0.05, 0) is 86.5 Å². The molecule has 8 heterocycles. The smallest absolute Gasteiger partial charge is 0.204 e. The standard InChI is InChI=1S/C38H44N10O2/c1-22-4-7-27-25(17-22)36-30-9-6-24(46(30)16-11-32(36)48(27)21-34(50)38-41-43-44-42-38)18-23-5-8-28-26(19-23)35-29-3-2-14-45(29)15-10-31(35)47(28)20-33(49)37-39-12-13-40-37/h4-5,7-8,12-13,17,19,24,29-30,33-34,49-50H,2-3,6,9-11,14-16,18,20-21H2,1H3,(H,39,40)(H,41,42,43,44). The highest BCUT2D eigenvalue weighted by Gasteiger charge is 2.41. The highest BCUT2D eigenvalue weighted by molar-refractivity contribution is 5.88. The van der Waals surface area contributed by atoms with E-state index in [1.807, 2.05) is 0 Å². The fraction of sp³-hybridized carbons (Fsp3) is 0.474. The molecular formula is C38H44N10O2. The summed E-state index contributed by atoms with van der Waals surface area (Å²) < 4.78 is 4.70. The summed E-state index contributed by atoms with van der Waals surface area (Å²) in [7, 11) is 0. The summed E-state index contributed by atoms with van der Waals surface area (Å²) in [5, 5.41) is 39.1. The third-order valence-corrected chi connectivity index (χ3v) is 12.2. The van der Waals surface area contributed by atoms with Gasteiger partial charge < -0.3 is 24.3 Å². The minimum Gasteiger partial charge on any atom is -0.383 e. The Labute approximate surface area is 290 Å². The molecule has 2 saturated heterocycles. The summed E-state index contributed by atoms with van der Waals surface area (Å²) in [5.41, 5.74) is 10.7. The van der Waals surface area contributed by atoms with Crippen molar-refractivity contribution in [3.63, 3.8) is 0 Å². The monoisotopic (exact) mass is 672 g/mol. The predicted octanol–water partition coefficient (Wildman–Crippen LogP) is 4.61. The zero-order valence-corrected chi connectivity index (χ0v) is 28.5. The first-order valence-corrected chi connectivity index (χ1v) is 18.4. The van der Waals surface area contributed by atoms with Crippen LogP contribution in [0.15, 0.2) is 48.8 Å². The highest BCUT2D eigenvalue weighted by atomic mass is 16.3. The molecule has 5 unspecified atom stereocenters. The van der Waals surface area contributed by atoms with E-state index >= 15 is 0 Å². The van der Waals surface area contributed by atoms with Gasteiger partial charge in [0.2, 0.25) is 5.82 Å². The maximum absolute atomic E-state index is 11.2. The van der Waals surface area contributed by atoms with Gasteiger partial charge >= 0.3 is 0 Å².